The SMILES string of the molecule is COc1ccc(F)cc1CC(=O)N(C)Cc1cc(C(=O)O)c(C)o1. The minimum Gasteiger partial charge on any atom is -0.496 e. The number of carboxylic acids is 1. The molecular formula is C17H18FNO5. The lowest BCUT2D eigenvalue weighted by Crippen LogP contribution is -2.27. The third kappa shape index (κ3) is 3.92. The molecule has 24 heavy (non-hydrogen) atoms. The smallest absolute Gasteiger partial charge is 0.339 e. The molecule has 0 radical (unpaired) electrons. The average molecular weight is 335 g/mol. The van der Waals surface area contributed by atoms with Crippen molar-refractivity contribution in [1.82, 2.24) is 4.90 Å². The van der Waals surface area contributed by atoms with Gasteiger partial charge in [-0.15, -0.1) is 0 Å². The second kappa shape index (κ2) is 7.16. The van der Waals surface area contributed by atoms with E-state index in [-0.39, 0.29) is 30.2 Å². The predicted molar refractivity (Wildman–Crippen MR) is 83.5 cm³/mol. The first kappa shape index (κ1) is 17.5. The van der Waals surface area contributed by atoms with Crippen LogP contribution < -0.4 is 4.74 Å². The Morgan fingerprint density at radius 3 is 2.62 bits per heavy atom. The summed E-state index contributed by atoms with van der Waals surface area (Å²) in [7, 11) is 3.01. The van der Waals surface area contributed by atoms with E-state index in [0.717, 1.165) is 0 Å². The van der Waals surface area contributed by atoms with Gasteiger partial charge in [0.15, 0.2) is 0 Å². The molecule has 0 aliphatic heterocycles. The lowest BCUT2D eigenvalue weighted by Gasteiger charge is -2.17. The number of carbonyl (C=O) groups is 2. The van der Waals surface area contributed by atoms with Gasteiger partial charge in [0.25, 0.3) is 0 Å². The number of rotatable bonds is 6. The van der Waals surface area contributed by atoms with Crippen LogP contribution >= 0.6 is 0 Å². The van der Waals surface area contributed by atoms with Gasteiger partial charge in [-0.25, -0.2) is 9.18 Å². The molecular weight excluding hydrogens is 317 g/mol. The van der Waals surface area contributed by atoms with E-state index in [4.69, 9.17) is 14.3 Å². The first-order chi connectivity index (χ1) is 11.3. The van der Waals surface area contributed by atoms with Gasteiger partial charge < -0.3 is 19.2 Å². The number of halogens is 1. The molecule has 0 saturated heterocycles. The van der Waals surface area contributed by atoms with Crippen LogP contribution in [0.4, 0.5) is 4.39 Å². The Hall–Kier alpha value is -2.83. The Kier molecular flexibility index (Phi) is 5.23. The molecule has 6 nitrogen and oxygen atoms in total. The van der Waals surface area contributed by atoms with Crippen molar-refractivity contribution in [3.05, 3.63) is 52.7 Å². The zero-order chi connectivity index (χ0) is 17.9. The summed E-state index contributed by atoms with van der Waals surface area (Å²) in [5.41, 5.74) is 0.508. The third-order valence-electron chi connectivity index (χ3n) is 3.60. The minimum absolute atomic E-state index is 0.0388. The fraction of sp³-hybridized carbons (Fsp3) is 0.294. The molecule has 0 atom stereocenters. The second-order valence-corrected chi connectivity index (χ2v) is 5.37. The predicted octanol–water partition coefficient (Wildman–Crippen LogP) is 2.64. The van der Waals surface area contributed by atoms with Crippen molar-refractivity contribution < 1.29 is 28.2 Å². The maximum atomic E-state index is 13.4. The van der Waals surface area contributed by atoms with Crippen LogP contribution in [0.1, 0.15) is 27.4 Å². The van der Waals surface area contributed by atoms with Crippen molar-refractivity contribution in [2.45, 2.75) is 19.9 Å². The van der Waals surface area contributed by atoms with E-state index in [9.17, 15) is 14.0 Å². The summed E-state index contributed by atoms with van der Waals surface area (Å²) in [6.07, 6.45) is -0.0388. The lowest BCUT2D eigenvalue weighted by atomic mass is 10.1. The second-order valence-electron chi connectivity index (χ2n) is 5.37. The molecule has 2 rings (SSSR count). The average Bonchev–Trinajstić information content (AvgIpc) is 2.88. The summed E-state index contributed by atoms with van der Waals surface area (Å²) < 4.78 is 23.8. The number of furan rings is 1. The number of hydrogen-bond donors (Lipinski definition) is 1. The highest BCUT2D eigenvalue weighted by Gasteiger charge is 2.18. The number of aromatic carboxylic acids is 1. The molecule has 0 saturated carbocycles. The number of benzene rings is 1. The highest BCUT2D eigenvalue weighted by atomic mass is 19.1. The summed E-state index contributed by atoms with van der Waals surface area (Å²) in [5, 5.41) is 9.01. The van der Waals surface area contributed by atoms with Crippen LogP contribution in [0.5, 0.6) is 5.75 Å². The van der Waals surface area contributed by atoms with Crippen molar-refractivity contribution in [3.63, 3.8) is 0 Å². The molecule has 1 amide bonds. The van der Waals surface area contributed by atoms with Crippen molar-refractivity contribution in [2.24, 2.45) is 0 Å². The molecule has 0 aliphatic carbocycles. The number of hydrogen-bond acceptors (Lipinski definition) is 4. The topological polar surface area (TPSA) is 80.0 Å². The standard InChI is InChI=1S/C17H18FNO5/c1-10-14(17(21)22)8-13(24-10)9-19(2)16(20)7-11-6-12(18)4-5-15(11)23-3/h4-6,8H,7,9H2,1-3H3,(H,21,22). The Morgan fingerprint density at radius 2 is 2.04 bits per heavy atom. The van der Waals surface area contributed by atoms with Crippen LogP contribution in [0.3, 0.4) is 0 Å². The Bertz CT molecular complexity index is 768. The lowest BCUT2D eigenvalue weighted by molar-refractivity contribution is -0.129. The minimum atomic E-state index is -1.08. The highest BCUT2D eigenvalue weighted by molar-refractivity contribution is 5.88. The van der Waals surface area contributed by atoms with Gasteiger partial charge in [-0.2, -0.15) is 0 Å². The molecule has 7 heteroatoms. The first-order valence-electron chi connectivity index (χ1n) is 7.20. The maximum absolute atomic E-state index is 13.4. The number of carboxylic acid groups (broad SMARTS) is 1. The summed E-state index contributed by atoms with van der Waals surface area (Å²) >= 11 is 0. The molecule has 1 N–H and O–H groups in total. The summed E-state index contributed by atoms with van der Waals surface area (Å²) in [6, 6.07) is 5.37. The van der Waals surface area contributed by atoms with E-state index in [0.29, 0.717) is 17.1 Å². The van der Waals surface area contributed by atoms with Crippen LogP contribution in [-0.2, 0) is 17.8 Å². The van der Waals surface area contributed by atoms with Crippen molar-refractivity contribution in [2.75, 3.05) is 14.2 Å². The molecule has 0 aliphatic rings. The maximum Gasteiger partial charge on any atom is 0.339 e. The number of carbonyl (C=O) groups excluding carboxylic acids is 1. The molecule has 1 aromatic heterocycles. The fourth-order valence-corrected chi connectivity index (χ4v) is 2.34. The van der Waals surface area contributed by atoms with Gasteiger partial charge in [-0.3, -0.25) is 4.79 Å². The molecule has 1 aromatic carbocycles. The van der Waals surface area contributed by atoms with E-state index in [1.54, 1.807) is 14.0 Å². The van der Waals surface area contributed by atoms with E-state index >= 15 is 0 Å². The highest BCUT2D eigenvalue weighted by Crippen LogP contribution is 2.21. The first-order valence-corrected chi connectivity index (χ1v) is 7.20. The van der Waals surface area contributed by atoms with Gasteiger partial charge in [0.1, 0.15) is 28.7 Å². The Morgan fingerprint density at radius 1 is 1.33 bits per heavy atom. The normalized spacial score (nSPS) is 10.5. The van der Waals surface area contributed by atoms with Gasteiger partial charge in [-0.1, -0.05) is 0 Å². The molecule has 0 unspecified atom stereocenters. The zero-order valence-electron chi connectivity index (χ0n) is 13.6. The number of nitrogens with zero attached hydrogens (tertiary/aromatic N) is 1. The van der Waals surface area contributed by atoms with Gasteiger partial charge in [0.05, 0.1) is 20.1 Å². The number of amides is 1. The van der Waals surface area contributed by atoms with Gasteiger partial charge in [0, 0.05) is 12.6 Å². The van der Waals surface area contributed by atoms with Gasteiger partial charge in [0.2, 0.25) is 5.91 Å². The van der Waals surface area contributed by atoms with E-state index in [1.165, 1.54) is 36.3 Å². The quantitative estimate of drug-likeness (QED) is 0.878. The molecule has 0 spiro atoms. The summed E-state index contributed by atoms with van der Waals surface area (Å²) in [6.45, 7) is 1.66. The van der Waals surface area contributed by atoms with Crippen LogP contribution in [0.25, 0.3) is 0 Å². The van der Waals surface area contributed by atoms with E-state index in [2.05, 4.69) is 0 Å². The number of likely N-dealkylation sites (N-methyl/N-ethyl adjacent to an activating group) is 1. The third-order valence-corrected chi connectivity index (χ3v) is 3.60. The van der Waals surface area contributed by atoms with Crippen LogP contribution in [-0.4, -0.2) is 36.0 Å². The van der Waals surface area contributed by atoms with Crippen molar-refractivity contribution >= 4 is 11.9 Å². The van der Waals surface area contributed by atoms with Crippen LogP contribution in [0.15, 0.2) is 28.7 Å². The summed E-state index contributed by atoms with van der Waals surface area (Å²) in [5.74, 6) is -0.725. The van der Waals surface area contributed by atoms with Crippen molar-refractivity contribution in [1.29, 1.82) is 0 Å². The van der Waals surface area contributed by atoms with Gasteiger partial charge in [-0.05, 0) is 31.2 Å². The van der Waals surface area contributed by atoms with E-state index in [1.807, 2.05) is 0 Å². The van der Waals surface area contributed by atoms with Gasteiger partial charge >= 0.3 is 5.97 Å². The Labute approximate surface area is 138 Å². The molecule has 2 aromatic rings. The fourth-order valence-electron chi connectivity index (χ4n) is 2.34. The molecule has 0 bridgehead atoms. The number of methoxy groups -OCH3 is 1. The molecule has 128 valence electrons. The van der Waals surface area contributed by atoms with Crippen molar-refractivity contribution in [3.8, 4) is 5.75 Å². The van der Waals surface area contributed by atoms with Crippen LogP contribution in [0.2, 0.25) is 0 Å². The van der Waals surface area contributed by atoms with E-state index < -0.39 is 11.8 Å². The largest absolute Gasteiger partial charge is 0.496 e. The number of aryl methyl sites for hydroxylation is 1. The monoisotopic (exact) mass is 335 g/mol. The zero-order valence-corrected chi connectivity index (χ0v) is 13.6. The molecule has 1 heterocycles. The molecule has 0 fully saturated rings. The summed E-state index contributed by atoms with van der Waals surface area (Å²) in [4.78, 5) is 24.7. The Balaban J connectivity index is 2.09. The van der Waals surface area contributed by atoms with Crippen LogP contribution in [0, 0.1) is 12.7 Å². The number of ether oxygens (including phenoxy) is 1.